The van der Waals surface area contributed by atoms with Gasteiger partial charge >= 0.3 is 0 Å². The number of carbonyl (C=O) groups excluding carboxylic acids is 2. The highest BCUT2D eigenvalue weighted by molar-refractivity contribution is 6.01. The molecule has 2 amide bonds. The highest BCUT2D eigenvalue weighted by Gasteiger charge is 2.46. The Balaban J connectivity index is 1.67. The summed E-state index contributed by atoms with van der Waals surface area (Å²) in [4.78, 5) is 25.7. The zero-order valence-electron chi connectivity index (χ0n) is 14.1. The number of ether oxygens (including phenoxy) is 1. The van der Waals surface area contributed by atoms with E-state index in [2.05, 4.69) is 11.9 Å². The van der Waals surface area contributed by atoms with Crippen LogP contribution in [0.1, 0.15) is 42.5 Å². The highest BCUT2D eigenvalue weighted by Crippen LogP contribution is 2.41. The average Bonchev–Trinajstić information content (AvgIpc) is 3.24. The first-order valence-corrected chi connectivity index (χ1v) is 8.51. The van der Waals surface area contributed by atoms with E-state index >= 15 is 0 Å². The van der Waals surface area contributed by atoms with Gasteiger partial charge in [0.15, 0.2) is 0 Å². The Morgan fingerprint density at radius 3 is 2.58 bits per heavy atom. The fourth-order valence-electron chi connectivity index (χ4n) is 3.76. The van der Waals surface area contributed by atoms with Crippen molar-refractivity contribution in [3.8, 4) is 0 Å². The first kappa shape index (κ1) is 16.7. The molecule has 0 aromatic heterocycles. The van der Waals surface area contributed by atoms with Crippen LogP contribution >= 0.6 is 0 Å². The maximum atomic E-state index is 12.5. The lowest BCUT2D eigenvalue weighted by molar-refractivity contribution is -0.113. The standard InChI is InChI=1S/C19H24N2O3/c1-3-17(22)21(2)15-8-6-14(7-9-15)18(23)20-16-10-13-24-19(16)11-4-5-12-19/h3,6-9,16H,1,4-5,10-13H2,2H3,(H,20,23). The molecule has 1 aromatic carbocycles. The fraction of sp³-hybridized carbons (Fsp3) is 0.474. The Labute approximate surface area is 142 Å². The Morgan fingerprint density at radius 1 is 1.29 bits per heavy atom. The lowest BCUT2D eigenvalue weighted by Crippen LogP contribution is -2.48. The molecule has 5 nitrogen and oxygen atoms in total. The second kappa shape index (κ2) is 6.77. The highest BCUT2D eigenvalue weighted by atomic mass is 16.5. The number of hydrogen-bond acceptors (Lipinski definition) is 3. The molecule has 128 valence electrons. The van der Waals surface area contributed by atoms with Crippen LogP contribution < -0.4 is 10.2 Å². The van der Waals surface area contributed by atoms with Crippen molar-refractivity contribution in [1.29, 1.82) is 0 Å². The largest absolute Gasteiger partial charge is 0.373 e. The van der Waals surface area contributed by atoms with Crippen molar-refractivity contribution in [2.45, 2.75) is 43.7 Å². The number of carbonyl (C=O) groups is 2. The quantitative estimate of drug-likeness (QED) is 0.865. The van der Waals surface area contributed by atoms with Crippen LogP contribution in [0, 0.1) is 0 Å². The third-order valence-electron chi connectivity index (χ3n) is 5.21. The predicted octanol–water partition coefficient (Wildman–Crippen LogP) is 2.67. The molecule has 1 heterocycles. The van der Waals surface area contributed by atoms with Gasteiger partial charge < -0.3 is 15.0 Å². The molecular formula is C19H24N2O3. The van der Waals surface area contributed by atoms with Crippen molar-refractivity contribution >= 4 is 17.5 Å². The summed E-state index contributed by atoms with van der Waals surface area (Å²) in [7, 11) is 1.68. The van der Waals surface area contributed by atoms with E-state index in [0.717, 1.165) is 31.6 Å². The molecule has 2 aliphatic rings. The van der Waals surface area contributed by atoms with Gasteiger partial charge in [0, 0.05) is 24.9 Å². The van der Waals surface area contributed by atoms with Crippen molar-refractivity contribution in [2.24, 2.45) is 0 Å². The molecule has 1 N–H and O–H groups in total. The van der Waals surface area contributed by atoms with Crippen LogP contribution in [0.4, 0.5) is 5.69 Å². The van der Waals surface area contributed by atoms with Crippen LogP contribution in [0.5, 0.6) is 0 Å². The summed E-state index contributed by atoms with van der Waals surface area (Å²) in [5.74, 6) is -0.264. The molecule has 0 bridgehead atoms. The second-order valence-electron chi connectivity index (χ2n) is 6.58. The van der Waals surface area contributed by atoms with E-state index in [0.29, 0.717) is 5.56 Å². The van der Waals surface area contributed by atoms with Gasteiger partial charge in [-0.05, 0) is 49.6 Å². The molecule has 1 saturated heterocycles. The molecule has 1 aliphatic heterocycles. The van der Waals surface area contributed by atoms with E-state index in [1.807, 2.05) is 0 Å². The first-order valence-electron chi connectivity index (χ1n) is 8.51. The number of amides is 2. The van der Waals surface area contributed by atoms with Crippen molar-refractivity contribution < 1.29 is 14.3 Å². The summed E-state index contributed by atoms with van der Waals surface area (Å²) in [6, 6.07) is 7.13. The number of likely N-dealkylation sites (N-methyl/N-ethyl adjacent to an activating group) is 1. The molecule has 2 fully saturated rings. The molecular weight excluding hydrogens is 304 g/mol. The summed E-state index contributed by atoms with van der Waals surface area (Å²) in [5.41, 5.74) is 1.18. The van der Waals surface area contributed by atoms with E-state index in [9.17, 15) is 9.59 Å². The molecule has 1 aromatic rings. The third-order valence-corrected chi connectivity index (χ3v) is 5.21. The van der Waals surface area contributed by atoms with Gasteiger partial charge in [0.1, 0.15) is 0 Å². The van der Waals surface area contributed by atoms with E-state index < -0.39 is 0 Å². The van der Waals surface area contributed by atoms with Crippen LogP contribution in [0.25, 0.3) is 0 Å². The molecule has 1 atom stereocenters. The van der Waals surface area contributed by atoms with E-state index in [-0.39, 0.29) is 23.5 Å². The minimum atomic E-state index is -0.182. The molecule has 1 unspecified atom stereocenters. The maximum absolute atomic E-state index is 12.5. The van der Waals surface area contributed by atoms with Gasteiger partial charge in [-0.3, -0.25) is 9.59 Å². The van der Waals surface area contributed by atoms with Crippen LogP contribution in [-0.4, -0.2) is 37.1 Å². The SMILES string of the molecule is C=CC(=O)N(C)c1ccc(C(=O)NC2CCOC23CCCC3)cc1. The van der Waals surface area contributed by atoms with Crippen molar-refractivity contribution in [1.82, 2.24) is 5.32 Å². The summed E-state index contributed by atoms with van der Waals surface area (Å²) in [6.45, 7) is 4.20. The predicted molar refractivity (Wildman–Crippen MR) is 93.1 cm³/mol. The molecule has 24 heavy (non-hydrogen) atoms. The zero-order valence-corrected chi connectivity index (χ0v) is 14.1. The Kier molecular flexibility index (Phi) is 4.71. The fourth-order valence-corrected chi connectivity index (χ4v) is 3.76. The first-order chi connectivity index (χ1) is 11.6. The van der Waals surface area contributed by atoms with Gasteiger partial charge in [-0.15, -0.1) is 0 Å². The molecule has 0 radical (unpaired) electrons. The smallest absolute Gasteiger partial charge is 0.251 e. The van der Waals surface area contributed by atoms with E-state index in [4.69, 9.17) is 4.74 Å². The van der Waals surface area contributed by atoms with E-state index in [1.54, 1.807) is 31.3 Å². The van der Waals surface area contributed by atoms with Crippen molar-refractivity contribution in [3.05, 3.63) is 42.5 Å². The van der Waals surface area contributed by atoms with Crippen molar-refractivity contribution in [2.75, 3.05) is 18.6 Å². The van der Waals surface area contributed by atoms with Crippen LogP contribution in [0.2, 0.25) is 0 Å². The van der Waals surface area contributed by atoms with Crippen molar-refractivity contribution in [3.63, 3.8) is 0 Å². The number of anilines is 1. The van der Waals surface area contributed by atoms with Gasteiger partial charge in [-0.25, -0.2) is 0 Å². The van der Waals surface area contributed by atoms with E-state index in [1.165, 1.54) is 23.8 Å². The summed E-state index contributed by atoms with van der Waals surface area (Å²) >= 11 is 0. The Morgan fingerprint density at radius 2 is 1.96 bits per heavy atom. The minimum absolute atomic E-state index is 0.0824. The molecule has 1 aliphatic carbocycles. The zero-order chi connectivity index (χ0) is 17.2. The second-order valence-corrected chi connectivity index (χ2v) is 6.58. The Hall–Kier alpha value is -2.14. The number of nitrogens with one attached hydrogen (secondary N) is 1. The average molecular weight is 328 g/mol. The molecule has 3 rings (SSSR count). The molecule has 5 heteroatoms. The summed E-state index contributed by atoms with van der Waals surface area (Å²) in [5, 5.41) is 3.15. The van der Waals surface area contributed by atoms with Gasteiger partial charge in [0.2, 0.25) is 5.91 Å². The summed E-state index contributed by atoms with van der Waals surface area (Å²) < 4.78 is 5.97. The number of rotatable bonds is 4. The number of nitrogens with zero attached hydrogens (tertiary/aromatic N) is 1. The van der Waals surface area contributed by atoms with Gasteiger partial charge in [0.05, 0.1) is 11.6 Å². The lowest BCUT2D eigenvalue weighted by Gasteiger charge is -2.30. The number of hydrogen-bond donors (Lipinski definition) is 1. The Bertz CT molecular complexity index is 627. The lowest BCUT2D eigenvalue weighted by atomic mass is 9.92. The van der Waals surface area contributed by atoms with Gasteiger partial charge in [-0.2, -0.15) is 0 Å². The van der Waals surface area contributed by atoms with Crippen LogP contribution in [-0.2, 0) is 9.53 Å². The van der Waals surface area contributed by atoms with Gasteiger partial charge in [-0.1, -0.05) is 19.4 Å². The third kappa shape index (κ3) is 3.08. The van der Waals surface area contributed by atoms with Gasteiger partial charge in [0.25, 0.3) is 5.91 Å². The van der Waals surface area contributed by atoms with Crippen LogP contribution in [0.15, 0.2) is 36.9 Å². The molecule has 1 spiro atoms. The monoisotopic (exact) mass is 328 g/mol. The summed E-state index contributed by atoms with van der Waals surface area (Å²) in [6.07, 6.45) is 6.55. The molecule has 1 saturated carbocycles. The minimum Gasteiger partial charge on any atom is -0.373 e. The normalized spacial score (nSPS) is 21.6. The maximum Gasteiger partial charge on any atom is 0.251 e. The number of benzene rings is 1. The topological polar surface area (TPSA) is 58.6 Å². The van der Waals surface area contributed by atoms with Crippen LogP contribution in [0.3, 0.4) is 0 Å².